The maximum absolute atomic E-state index is 13.0. The van der Waals surface area contributed by atoms with Gasteiger partial charge >= 0.3 is 5.36 Å². The van der Waals surface area contributed by atoms with Crippen molar-refractivity contribution in [1.29, 1.82) is 0 Å². The molecule has 0 unspecified atom stereocenters. The van der Waals surface area contributed by atoms with Crippen LogP contribution in [0.1, 0.15) is 30.3 Å². The van der Waals surface area contributed by atoms with Gasteiger partial charge in [0.05, 0.1) is 10.9 Å². The van der Waals surface area contributed by atoms with Crippen LogP contribution in [0, 0.1) is 10.4 Å². The van der Waals surface area contributed by atoms with Gasteiger partial charge in [-0.2, -0.15) is 4.79 Å². The molecule has 0 saturated carbocycles. The number of aliphatic hydroxyl groups is 4. The van der Waals surface area contributed by atoms with E-state index < -0.39 is 51.1 Å². The zero-order valence-electron chi connectivity index (χ0n) is 13.9. The molecule has 0 amide bonds. The summed E-state index contributed by atoms with van der Waals surface area (Å²) in [6.45, 7) is 1.06. The van der Waals surface area contributed by atoms with Crippen molar-refractivity contribution in [2.75, 3.05) is 0 Å². The van der Waals surface area contributed by atoms with Crippen LogP contribution in [0.25, 0.3) is 16.3 Å². The highest BCUT2D eigenvalue weighted by Crippen LogP contribution is 2.42. The largest absolute Gasteiger partial charge is 0.507 e. The van der Waals surface area contributed by atoms with Crippen LogP contribution in [-0.2, 0) is 0 Å². The van der Waals surface area contributed by atoms with Gasteiger partial charge in [0.25, 0.3) is 0 Å². The van der Waals surface area contributed by atoms with Crippen LogP contribution < -0.4 is 16.2 Å². The summed E-state index contributed by atoms with van der Waals surface area (Å²) in [6.07, 6.45) is -5.54. The summed E-state index contributed by atoms with van der Waals surface area (Å²) in [5.41, 5.74) is 5.04. The summed E-state index contributed by atoms with van der Waals surface area (Å²) in [5.74, 6) is -0.451. The van der Waals surface area contributed by atoms with Crippen molar-refractivity contribution in [3.05, 3.63) is 71.1 Å². The third-order valence-electron chi connectivity index (χ3n) is 5.39. The van der Waals surface area contributed by atoms with Crippen LogP contribution in [0.5, 0.6) is 5.75 Å². The highest BCUT2D eigenvalue weighted by atomic mass is 16.4. The zero-order valence-corrected chi connectivity index (χ0v) is 13.9. The Hall–Kier alpha value is -2.94. The van der Waals surface area contributed by atoms with E-state index in [4.69, 9.17) is 0 Å². The molecule has 0 radical (unpaired) electrons. The molecule has 1 aromatic carbocycles. The van der Waals surface area contributed by atoms with Crippen molar-refractivity contribution in [2.45, 2.75) is 30.8 Å². The summed E-state index contributed by atoms with van der Waals surface area (Å²) < 4.78 is 0. The average Bonchev–Trinajstić information content (AvgIpc) is 2.98. The number of fused-ring (bicyclic) bond motifs is 3. The third kappa shape index (κ3) is 1.92. The van der Waals surface area contributed by atoms with Crippen molar-refractivity contribution in [3.8, 4) is 5.75 Å². The second-order valence-electron chi connectivity index (χ2n) is 6.90. The average molecular weight is 370 g/mol. The normalized spacial score (nSPS) is 27.7. The Balaban J connectivity index is 2.43. The van der Waals surface area contributed by atoms with Crippen LogP contribution in [0.4, 0.5) is 0 Å². The molecule has 3 aliphatic rings. The van der Waals surface area contributed by atoms with Gasteiger partial charge in [0.1, 0.15) is 34.9 Å². The van der Waals surface area contributed by atoms with E-state index in [-0.39, 0.29) is 27.1 Å². The fourth-order valence-electron chi connectivity index (χ4n) is 3.95. The molecule has 0 heterocycles. The van der Waals surface area contributed by atoms with E-state index in [1.54, 1.807) is 0 Å². The monoisotopic (exact) mass is 370 g/mol. The highest BCUT2D eigenvalue weighted by Gasteiger charge is 2.52. The minimum Gasteiger partial charge on any atom is -0.507 e. The molecule has 1 aromatic rings. The molecular weight excluding hydrogens is 356 g/mol. The van der Waals surface area contributed by atoms with E-state index in [2.05, 4.69) is 4.79 Å². The molecule has 4 atom stereocenters. The molecule has 138 valence electrons. The van der Waals surface area contributed by atoms with E-state index in [1.807, 2.05) is 0 Å². The molecule has 0 fully saturated rings. The molecule has 0 aliphatic heterocycles. The topological polar surface area (TPSA) is 172 Å². The second kappa shape index (κ2) is 5.29. The highest BCUT2D eigenvalue weighted by molar-refractivity contribution is 5.88. The Morgan fingerprint density at radius 3 is 2.37 bits per heavy atom. The van der Waals surface area contributed by atoms with Crippen LogP contribution in [0.3, 0.4) is 0 Å². The Bertz CT molecular complexity index is 1360. The van der Waals surface area contributed by atoms with E-state index in [1.165, 1.54) is 18.2 Å². The number of phenolic OH excluding ortho intramolecular Hbond substituents is 1. The minimum atomic E-state index is -2.23. The lowest BCUT2D eigenvalue weighted by atomic mass is 9.76. The third-order valence-corrected chi connectivity index (χ3v) is 5.39. The first kappa shape index (κ1) is 17.5. The molecule has 5 N–H and O–H groups in total. The van der Waals surface area contributed by atoms with Crippen LogP contribution >= 0.6 is 0 Å². The first-order chi connectivity index (χ1) is 12.6. The van der Waals surface area contributed by atoms with Gasteiger partial charge in [0.15, 0.2) is 5.43 Å². The van der Waals surface area contributed by atoms with Gasteiger partial charge in [-0.1, -0.05) is 12.1 Å². The van der Waals surface area contributed by atoms with Gasteiger partial charge in [0.2, 0.25) is 5.43 Å². The number of benzene rings is 1. The quantitative estimate of drug-likeness (QED) is 0.229. The lowest BCUT2D eigenvalue weighted by Gasteiger charge is -2.40. The Kier molecular flexibility index (Phi) is 3.42. The predicted molar refractivity (Wildman–Crippen MR) is 89.1 cm³/mol. The fraction of sp³-hybridized carbons (Fsp3) is 0.278. The van der Waals surface area contributed by atoms with E-state index in [9.17, 15) is 40.7 Å². The van der Waals surface area contributed by atoms with Gasteiger partial charge in [-0.3, -0.25) is 9.59 Å². The van der Waals surface area contributed by atoms with Gasteiger partial charge in [-0.15, -0.1) is 0 Å². The summed E-state index contributed by atoms with van der Waals surface area (Å²) in [4.78, 5) is 29.0. The molecular formula is C18H14N2O7. The molecule has 0 aromatic heterocycles. The maximum atomic E-state index is 13.0. The SMILES string of the molecule is C[C@@]1(O)[C@H](O)c2c(c3c(=O)c4cccc(O)c4c(=O)c=3c2=[N+]=[N-])[C@H](O)[C@H]1O. The predicted octanol–water partition coefficient (Wildman–Crippen LogP) is -1.81. The van der Waals surface area contributed by atoms with Crippen LogP contribution in [-0.4, -0.2) is 42.0 Å². The second-order valence-corrected chi connectivity index (χ2v) is 6.90. The first-order valence-electron chi connectivity index (χ1n) is 8.04. The number of hydrogen-bond acceptors (Lipinski definition) is 7. The molecule has 4 rings (SSSR count). The van der Waals surface area contributed by atoms with Gasteiger partial charge in [-0.25, -0.2) is 0 Å². The number of phenols is 1. The van der Waals surface area contributed by atoms with Crippen molar-refractivity contribution in [2.24, 2.45) is 0 Å². The zero-order chi connectivity index (χ0) is 19.8. The Morgan fingerprint density at radius 2 is 1.74 bits per heavy atom. The number of rotatable bonds is 0. The number of aliphatic hydroxyl groups excluding tert-OH is 3. The van der Waals surface area contributed by atoms with Crippen LogP contribution in [0.2, 0.25) is 0 Å². The van der Waals surface area contributed by atoms with Crippen LogP contribution in [0.15, 0.2) is 27.8 Å². The van der Waals surface area contributed by atoms with Gasteiger partial charge in [0, 0.05) is 16.2 Å². The number of aromatic hydroxyl groups is 1. The summed E-state index contributed by atoms with van der Waals surface area (Å²) in [7, 11) is 0. The summed E-state index contributed by atoms with van der Waals surface area (Å²) >= 11 is 0. The summed E-state index contributed by atoms with van der Waals surface area (Å²) in [6, 6.07) is 3.89. The number of hydrogen-bond donors (Lipinski definition) is 5. The van der Waals surface area contributed by atoms with Crippen molar-refractivity contribution in [1.82, 2.24) is 0 Å². The van der Waals surface area contributed by atoms with E-state index >= 15 is 0 Å². The molecule has 0 spiro atoms. The van der Waals surface area contributed by atoms with Gasteiger partial charge in [-0.05, 0) is 13.0 Å². The molecule has 27 heavy (non-hydrogen) atoms. The summed E-state index contributed by atoms with van der Waals surface area (Å²) in [5, 5.41) is 50.0. The Labute approximate surface area is 149 Å². The van der Waals surface area contributed by atoms with Crippen molar-refractivity contribution >= 4 is 10.8 Å². The first-order valence-corrected chi connectivity index (χ1v) is 8.04. The van der Waals surface area contributed by atoms with E-state index in [0.717, 1.165) is 6.92 Å². The molecule has 3 aliphatic carbocycles. The van der Waals surface area contributed by atoms with Crippen molar-refractivity contribution in [3.63, 3.8) is 0 Å². The fourth-order valence-corrected chi connectivity index (χ4v) is 3.95. The number of nitrogens with zero attached hydrogens (tertiary/aromatic N) is 2. The molecule has 9 heteroatoms. The smallest absolute Gasteiger partial charge is 0.333 e. The molecule has 9 nitrogen and oxygen atoms in total. The minimum absolute atomic E-state index is 0.127. The van der Waals surface area contributed by atoms with Gasteiger partial charge < -0.3 is 31.1 Å². The standard InChI is InChI=1S/C18H14N2O7/c1-18(27)16(25)11-9(15(24)17(18)26)8-10(12(11)20-19)14(23)7-5(13(8)22)3-2-4-6(7)21/h2-4,15-17,21,24-27H,1H3/t15-,16+,17+,18+/m0/s1. The molecule has 0 saturated heterocycles. The van der Waals surface area contributed by atoms with Crippen molar-refractivity contribution < 1.29 is 30.3 Å². The molecule has 0 bridgehead atoms. The lowest BCUT2D eigenvalue weighted by molar-refractivity contribution is -0.184. The maximum Gasteiger partial charge on any atom is 0.333 e. The lowest BCUT2D eigenvalue weighted by Crippen LogP contribution is -2.52. The Morgan fingerprint density at radius 1 is 1.07 bits per heavy atom. The van der Waals surface area contributed by atoms with E-state index in [0.29, 0.717) is 0 Å².